The van der Waals surface area contributed by atoms with Gasteiger partial charge >= 0.3 is 8.80 Å². The molecule has 18 heavy (non-hydrogen) atoms. The second-order valence-electron chi connectivity index (χ2n) is 4.21. The van der Waals surface area contributed by atoms with Crippen molar-refractivity contribution in [2.24, 2.45) is 11.5 Å². The molecule has 1 aromatic rings. The van der Waals surface area contributed by atoms with Gasteiger partial charge in [-0.15, -0.1) is 0 Å². The van der Waals surface area contributed by atoms with E-state index in [9.17, 15) is 0 Å². The van der Waals surface area contributed by atoms with Crippen LogP contribution in [0.5, 0.6) is 0 Å². The molecule has 0 aliphatic heterocycles. The van der Waals surface area contributed by atoms with Crippen molar-refractivity contribution in [3.8, 4) is 0 Å². The standard InChI is InChI=1S/C12H22N2O3Si/c1-4-12(2,14)17-18(15-3,16-10-13)11-8-6-5-7-9-11/h5-9H,4,10,13-14H2,1-3H3. The number of rotatable bonds is 7. The van der Waals surface area contributed by atoms with Crippen LogP contribution in [-0.2, 0) is 13.3 Å². The highest BCUT2D eigenvalue weighted by atomic mass is 28.4. The van der Waals surface area contributed by atoms with Crippen molar-refractivity contribution >= 4 is 14.0 Å². The van der Waals surface area contributed by atoms with Crippen LogP contribution in [0, 0.1) is 0 Å². The Labute approximate surface area is 109 Å². The molecule has 0 heterocycles. The fraction of sp³-hybridized carbons (Fsp3) is 0.500. The summed E-state index contributed by atoms with van der Waals surface area (Å²) in [7, 11) is -1.50. The second-order valence-corrected chi connectivity index (χ2v) is 6.80. The predicted octanol–water partition coefficient (Wildman–Crippen LogP) is 0.513. The quantitative estimate of drug-likeness (QED) is 0.557. The molecule has 0 saturated carbocycles. The van der Waals surface area contributed by atoms with E-state index >= 15 is 0 Å². The first-order chi connectivity index (χ1) is 8.49. The monoisotopic (exact) mass is 270 g/mol. The van der Waals surface area contributed by atoms with Gasteiger partial charge in [0.15, 0.2) is 0 Å². The van der Waals surface area contributed by atoms with Crippen LogP contribution in [-0.4, -0.2) is 28.4 Å². The third-order valence-electron chi connectivity index (χ3n) is 2.74. The van der Waals surface area contributed by atoms with Gasteiger partial charge in [0.25, 0.3) is 0 Å². The third-order valence-corrected chi connectivity index (χ3v) is 5.60. The van der Waals surface area contributed by atoms with Gasteiger partial charge in [0.05, 0.1) is 6.73 Å². The first-order valence-electron chi connectivity index (χ1n) is 5.93. The Kier molecular flexibility index (Phi) is 5.45. The van der Waals surface area contributed by atoms with Crippen molar-refractivity contribution in [3.63, 3.8) is 0 Å². The minimum atomic E-state index is -3.05. The third kappa shape index (κ3) is 3.61. The molecule has 0 amide bonds. The molecule has 0 saturated heterocycles. The lowest BCUT2D eigenvalue weighted by atomic mass is 10.2. The van der Waals surface area contributed by atoms with Crippen LogP contribution in [0.1, 0.15) is 20.3 Å². The van der Waals surface area contributed by atoms with Crippen LogP contribution in [0.2, 0.25) is 0 Å². The zero-order chi connectivity index (χ0) is 13.6. The molecule has 0 spiro atoms. The van der Waals surface area contributed by atoms with Crippen LogP contribution < -0.4 is 16.7 Å². The molecule has 1 aromatic carbocycles. The number of hydrogen-bond donors (Lipinski definition) is 2. The Balaban J connectivity index is 3.09. The normalized spacial score (nSPS) is 18.1. The molecule has 0 fully saturated rings. The molecular weight excluding hydrogens is 248 g/mol. The molecule has 0 bridgehead atoms. The van der Waals surface area contributed by atoms with Gasteiger partial charge in [-0.25, -0.2) is 0 Å². The van der Waals surface area contributed by atoms with Crippen LogP contribution in [0.4, 0.5) is 0 Å². The fourth-order valence-corrected chi connectivity index (χ4v) is 3.88. The predicted molar refractivity (Wildman–Crippen MR) is 72.9 cm³/mol. The molecule has 0 aromatic heterocycles. The summed E-state index contributed by atoms with van der Waals surface area (Å²) in [4.78, 5) is 0. The Hall–Kier alpha value is -0.763. The van der Waals surface area contributed by atoms with Crippen LogP contribution >= 0.6 is 0 Å². The zero-order valence-corrected chi connectivity index (χ0v) is 12.2. The summed E-state index contributed by atoms with van der Waals surface area (Å²) in [5, 5.41) is 0.850. The topological polar surface area (TPSA) is 79.7 Å². The minimum Gasteiger partial charge on any atom is -0.373 e. The molecule has 5 nitrogen and oxygen atoms in total. The van der Waals surface area contributed by atoms with Gasteiger partial charge in [0, 0.05) is 12.3 Å². The first-order valence-corrected chi connectivity index (χ1v) is 7.66. The Morgan fingerprint density at radius 3 is 2.33 bits per heavy atom. The summed E-state index contributed by atoms with van der Waals surface area (Å²) in [6.07, 6.45) is 0.645. The van der Waals surface area contributed by atoms with Gasteiger partial charge in [-0.3, -0.25) is 0 Å². The Morgan fingerprint density at radius 1 is 1.28 bits per heavy atom. The lowest BCUT2D eigenvalue weighted by Gasteiger charge is -2.35. The summed E-state index contributed by atoms with van der Waals surface area (Å²) >= 11 is 0. The zero-order valence-electron chi connectivity index (χ0n) is 11.2. The molecule has 0 radical (unpaired) electrons. The summed E-state index contributed by atoms with van der Waals surface area (Å²) < 4.78 is 17.1. The van der Waals surface area contributed by atoms with E-state index in [0.717, 1.165) is 5.19 Å². The van der Waals surface area contributed by atoms with E-state index in [0.29, 0.717) is 6.42 Å². The molecule has 2 atom stereocenters. The van der Waals surface area contributed by atoms with Crippen molar-refractivity contribution in [3.05, 3.63) is 30.3 Å². The molecule has 0 aliphatic rings. The Morgan fingerprint density at radius 2 is 1.89 bits per heavy atom. The van der Waals surface area contributed by atoms with E-state index in [1.807, 2.05) is 37.3 Å². The average Bonchev–Trinajstić information content (AvgIpc) is 2.39. The molecule has 1 rings (SSSR count). The van der Waals surface area contributed by atoms with E-state index in [2.05, 4.69) is 0 Å². The highest BCUT2D eigenvalue weighted by Gasteiger charge is 2.47. The van der Waals surface area contributed by atoms with E-state index < -0.39 is 14.5 Å². The average molecular weight is 270 g/mol. The first kappa shape index (κ1) is 15.3. The lowest BCUT2D eigenvalue weighted by molar-refractivity contribution is -0.00302. The lowest BCUT2D eigenvalue weighted by Crippen LogP contribution is -2.62. The van der Waals surface area contributed by atoms with Gasteiger partial charge in [-0.2, -0.15) is 0 Å². The van der Waals surface area contributed by atoms with Crippen molar-refractivity contribution in [1.82, 2.24) is 0 Å². The van der Waals surface area contributed by atoms with Crippen molar-refractivity contribution in [2.75, 3.05) is 13.8 Å². The molecule has 4 N–H and O–H groups in total. The number of benzene rings is 1. The van der Waals surface area contributed by atoms with Gasteiger partial charge in [0.1, 0.15) is 5.72 Å². The smallest absolute Gasteiger partial charge is 0.373 e. The largest absolute Gasteiger partial charge is 0.539 e. The van der Waals surface area contributed by atoms with Gasteiger partial charge < -0.3 is 24.7 Å². The molecular formula is C12H22N2O3Si. The van der Waals surface area contributed by atoms with Crippen molar-refractivity contribution < 1.29 is 13.3 Å². The van der Waals surface area contributed by atoms with Gasteiger partial charge in [0.2, 0.25) is 0 Å². The summed E-state index contributed by atoms with van der Waals surface area (Å²) in [5.41, 5.74) is 10.7. The number of nitrogens with two attached hydrogens (primary N) is 2. The van der Waals surface area contributed by atoms with E-state index in [4.69, 9.17) is 24.7 Å². The van der Waals surface area contributed by atoms with E-state index in [-0.39, 0.29) is 6.73 Å². The summed E-state index contributed by atoms with van der Waals surface area (Å²) in [6, 6.07) is 9.52. The van der Waals surface area contributed by atoms with E-state index in [1.165, 1.54) is 0 Å². The second kappa shape index (κ2) is 6.42. The minimum absolute atomic E-state index is 0.0226. The van der Waals surface area contributed by atoms with Crippen LogP contribution in [0.25, 0.3) is 0 Å². The molecule has 6 heteroatoms. The fourth-order valence-electron chi connectivity index (χ4n) is 1.52. The van der Waals surface area contributed by atoms with Gasteiger partial charge in [-0.1, -0.05) is 37.3 Å². The van der Waals surface area contributed by atoms with Crippen LogP contribution in [0.15, 0.2) is 30.3 Å². The van der Waals surface area contributed by atoms with E-state index in [1.54, 1.807) is 14.0 Å². The molecule has 0 aliphatic carbocycles. The SMILES string of the molecule is CCC(C)(N)O[Si](OC)(OCN)c1ccccc1. The maximum atomic E-state index is 6.06. The van der Waals surface area contributed by atoms with Crippen molar-refractivity contribution in [2.45, 2.75) is 26.0 Å². The Bertz CT molecular complexity index is 362. The van der Waals surface area contributed by atoms with Gasteiger partial charge in [-0.05, 0) is 13.3 Å². The van der Waals surface area contributed by atoms with Crippen LogP contribution in [0.3, 0.4) is 0 Å². The summed E-state index contributed by atoms with van der Waals surface area (Å²) in [6.45, 7) is 3.77. The molecule has 2 unspecified atom stereocenters. The summed E-state index contributed by atoms with van der Waals surface area (Å²) in [5.74, 6) is 0. The maximum absolute atomic E-state index is 6.06. The number of hydrogen-bond acceptors (Lipinski definition) is 5. The maximum Gasteiger partial charge on any atom is 0.539 e. The van der Waals surface area contributed by atoms with Crippen molar-refractivity contribution in [1.29, 1.82) is 0 Å². The molecule has 102 valence electrons. The highest BCUT2D eigenvalue weighted by molar-refractivity contribution is 6.75. The highest BCUT2D eigenvalue weighted by Crippen LogP contribution is 2.18.